The number of carbonyl (C=O) groups is 1. The van der Waals surface area contributed by atoms with Gasteiger partial charge in [0.15, 0.2) is 0 Å². The summed E-state index contributed by atoms with van der Waals surface area (Å²) in [5.41, 5.74) is 0.439. The van der Waals surface area contributed by atoms with Crippen LogP contribution in [0.25, 0.3) is 0 Å². The van der Waals surface area contributed by atoms with Gasteiger partial charge in [-0.15, -0.1) is 0 Å². The molecular formula is C13H24N2O2. The van der Waals surface area contributed by atoms with Crippen molar-refractivity contribution >= 4 is 5.97 Å². The van der Waals surface area contributed by atoms with Crippen molar-refractivity contribution in [2.75, 3.05) is 39.3 Å². The molecule has 0 aromatic rings. The molecule has 0 aliphatic carbocycles. The van der Waals surface area contributed by atoms with E-state index in [9.17, 15) is 4.79 Å². The van der Waals surface area contributed by atoms with E-state index in [2.05, 4.69) is 23.6 Å². The van der Waals surface area contributed by atoms with Crippen LogP contribution in [-0.4, -0.2) is 60.1 Å². The zero-order chi connectivity index (χ0) is 12.8. The topological polar surface area (TPSA) is 43.8 Å². The molecule has 17 heavy (non-hydrogen) atoms. The van der Waals surface area contributed by atoms with Crippen molar-refractivity contribution in [3.8, 4) is 0 Å². The summed E-state index contributed by atoms with van der Waals surface area (Å²) in [7, 11) is 0. The molecule has 1 aliphatic heterocycles. The highest BCUT2D eigenvalue weighted by Crippen LogP contribution is 2.05. The molecule has 0 spiro atoms. The van der Waals surface area contributed by atoms with Crippen molar-refractivity contribution in [1.29, 1.82) is 0 Å². The van der Waals surface area contributed by atoms with Crippen LogP contribution in [0.1, 0.15) is 20.8 Å². The lowest BCUT2D eigenvalue weighted by molar-refractivity contribution is -0.132. The van der Waals surface area contributed by atoms with Gasteiger partial charge in [0.1, 0.15) is 0 Å². The maximum atomic E-state index is 10.7. The van der Waals surface area contributed by atoms with Crippen LogP contribution in [-0.2, 0) is 4.79 Å². The minimum Gasteiger partial charge on any atom is -0.478 e. The molecule has 1 aliphatic rings. The third kappa shape index (κ3) is 5.33. The van der Waals surface area contributed by atoms with Gasteiger partial charge >= 0.3 is 5.97 Å². The lowest BCUT2D eigenvalue weighted by Crippen LogP contribution is -2.47. The Morgan fingerprint density at radius 2 is 1.76 bits per heavy atom. The summed E-state index contributed by atoms with van der Waals surface area (Å²) in [4.78, 5) is 15.4. The van der Waals surface area contributed by atoms with Crippen LogP contribution in [0.15, 0.2) is 11.6 Å². The molecule has 1 rings (SSSR count). The second-order valence-electron chi connectivity index (χ2n) is 5.19. The van der Waals surface area contributed by atoms with Crippen LogP contribution in [0, 0.1) is 5.92 Å². The Morgan fingerprint density at radius 3 is 2.24 bits per heavy atom. The van der Waals surface area contributed by atoms with E-state index in [4.69, 9.17) is 5.11 Å². The molecule has 0 aromatic heterocycles. The second kappa shape index (κ2) is 6.77. The maximum absolute atomic E-state index is 10.7. The highest BCUT2D eigenvalue weighted by atomic mass is 16.4. The first-order chi connectivity index (χ1) is 7.99. The number of rotatable bonds is 5. The van der Waals surface area contributed by atoms with Crippen LogP contribution >= 0.6 is 0 Å². The van der Waals surface area contributed by atoms with Crippen molar-refractivity contribution < 1.29 is 9.90 Å². The number of aliphatic carboxylic acids is 1. The summed E-state index contributed by atoms with van der Waals surface area (Å²) in [5, 5.41) is 8.76. The van der Waals surface area contributed by atoms with Gasteiger partial charge in [0, 0.05) is 44.8 Å². The highest BCUT2D eigenvalue weighted by Gasteiger charge is 2.16. The van der Waals surface area contributed by atoms with Crippen molar-refractivity contribution in [3.05, 3.63) is 11.6 Å². The van der Waals surface area contributed by atoms with Gasteiger partial charge in [-0.1, -0.05) is 19.9 Å². The van der Waals surface area contributed by atoms with E-state index in [1.165, 1.54) is 0 Å². The summed E-state index contributed by atoms with van der Waals surface area (Å²) in [6, 6.07) is 0. The molecular weight excluding hydrogens is 216 g/mol. The summed E-state index contributed by atoms with van der Waals surface area (Å²) >= 11 is 0. The average molecular weight is 240 g/mol. The molecule has 4 nitrogen and oxygen atoms in total. The highest BCUT2D eigenvalue weighted by molar-refractivity contribution is 5.85. The standard InChI is InChI=1S/C13H24N2O2/c1-11(2)10-15-8-6-14(7-9-15)5-4-12(3)13(16)17/h4,11H,5-10H2,1-3H3,(H,16,17). The SMILES string of the molecule is CC(=CCN1CCN(CC(C)C)CC1)C(=O)O. The van der Waals surface area contributed by atoms with Gasteiger partial charge in [0.25, 0.3) is 0 Å². The smallest absolute Gasteiger partial charge is 0.330 e. The Morgan fingerprint density at radius 1 is 1.24 bits per heavy atom. The zero-order valence-electron chi connectivity index (χ0n) is 11.1. The second-order valence-corrected chi connectivity index (χ2v) is 5.19. The van der Waals surface area contributed by atoms with E-state index in [-0.39, 0.29) is 0 Å². The Hall–Kier alpha value is -0.870. The third-order valence-electron chi connectivity index (χ3n) is 3.08. The largest absolute Gasteiger partial charge is 0.478 e. The predicted molar refractivity (Wildman–Crippen MR) is 69.1 cm³/mol. The normalized spacial score (nSPS) is 19.9. The summed E-state index contributed by atoms with van der Waals surface area (Å²) in [5.74, 6) is -0.0980. The van der Waals surface area contributed by atoms with Gasteiger partial charge in [-0.05, 0) is 12.8 Å². The summed E-state index contributed by atoms with van der Waals surface area (Å²) < 4.78 is 0. The van der Waals surface area contributed by atoms with E-state index in [0.717, 1.165) is 45.2 Å². The van der Waals surface area contributed by atoms with E-state index >= 15 is 0 Å². The van der Waals surface area contributed by atoms with Gasteiger partial charge < -0.3 is 10.0 Å². The summed E-state index contributed by atoms with van der Waals surface area (Å²) in [6.45, 7) is 12.3. The lowest BCUT2D eigenvalue weighted by atomic mass is 10.2. The first-order valence-electron chi connectivity index (χ1n) is 6.33. The number of nitrogens with zero attached hydrogens (tertiary/aromatic N) is 2. The average Bonchev–Trinajstić information content (AvgIpc) is 2.26. The fourth-order valence-electron chi connectivity index (χ4n) is 2.02. The fraction of sp³-hybridized carbons (Fsp3) is 0.769. The number of piperazine rings is 1. The molecule has 1 fully saturated rings. The predicted octanol–water partition coefficient (Wildman–Crippen LogP) is 1.29. The van der Waals surface area contributed by atoms with E-state index in [1.54, 1.807) is 13.0 Å². The van der Waals surface area contributed by atoms with Gasteiger partial charge in [-0.25, -0.2) is 4.79 Å². The number of carboxylic acids is 1. The van der Waals surface area contributed by atoms with Gasteiger partial charge in [-0.3, -0.25) is 4.90 Å². The molecule has 0 atom stereocenters. The first-order valence-corrected chi connectivity index (χ1v) is 6.33. The quantitative estimate of drug-likeness (QED) is 0.735. The monoisotopic (exact) mass is 240 g/mol. The van der Waals surface area contributed by atoms with Crippen LogP contribution < -0.4 is 0 Å². The van der Waals surface area contributed by atoms with Gasteiger partial charge in [0.2, 0.25) is 0 Å². The molecule has 0 amide bonds. The number of carboxylic acid groups (broad SMARTS) is 1. The Balaban J connectivity index is 2.28. The Labute approximate surface area is 104 Å². The van der Waals surface area contributed by atoms with Crippen LogP contribution in [0.4, 0.5) is 0 Å². The van der Waals surface area contributed by atoms with Crippen LogP contribution in [0.5, 0.6) is 0 Å². The van der Waals surface area contributed by atoms with Crippen molar-refractivity contribution in [3.63, 3.8) is 0 Å². The Kier molecular flexibility index (Phi) is 5.65. The molecule has 1 N–H and O–H groups in total. The molecule has 0 radical (unpaired) electrons. The molecule has 1 heterocycles. The molecule has 0 saturated carbocycles. The molecule has 4 heteroatoms. The van der Waals surface area contributed by atoms with Gasteiger partial charge in [0.05, 0.1) is 0 Å². The molecule has 0 bridgehead atoms. The maximum Gasteiger partial charge on any atom is 0.330 e. The lowest BCUT2D eigenvalue weighted by Gasteiger charge is -2.35. The molecule has 0 unspecified atom stereocenters. The number of hydrogen-bond donors (Lipinski definition) is 1. The molecule has 98 valence electrons. The zero-order valence-corrected chi connectivity index (χ0v) is 11.1. The molecule has 1 saturated heterocycles. The first kappa shape index (κ1) is 14.2. The fourth-order valence-corrected chi connectivity index (χ4v) is 2.02. The minimum atomic E-state index is -0.816. The van der Waals surface area contributed by atoms with Crippen LogP contribution in [0.3, 0.4) is 0 Å². The van der Waals surface area contributed by atoms with Gasteiger partial charge in [-0.2, -0.15) is 0 Å². The molecule has 0 aromatic carbocycles. The summed E-state index contributed by atoms with van der Waals surface area (Å²) in [6.07, 6.45) is 1.81. The van der Waals surface area contributed by atoms with E-state index in [1.807, 2.05) is 0 Å². The van der Waals surface area contributed by atoms with Crippen LogP contribution in [0.2, 0.25) is 0 Å². The van der Waals surface area contributed by atoms with E-state index < -0.39 is 5.97 Å². The van der Waals surface area contributed by atoms with Crippen molar-refractivity contribution in [2.45, 2.75) is 20.8 Å². The van der Waals surface area contributed by atoms with E-state index in [0.29, 0.717) is 5.57 Å². The number of hydrogen-bond acceptors (Lipinski definition) is 3. The third-order valence-corrected chi connectivity index (χ3v) is 3.08. The van der Waals surface area contributed by atoms with Crippen molar-refractivity contribution in [2.24, 2.45) is 5.92 Å². The van der Waals surface area contributed by atoms with Crippen molar-refractivity contribution in [1.82, 2.24) is 9.80 Å². The Bertz CT molecular complexity index is 279. The minimum absolute atomic E-state index is 0.439.